The van der Waals surface area contributed by atoms with Crippen LogP contribution in [0.3, 0.4) is 0 Å². The molecule has 2 rings (SSSR count). The second kappa shape index (κ2) is 5.18. The molecule has 94 valence electrons. The Bertz CT molecular complexity index is 577. The fourth-order valence-corrected chi connectivity index (χ4v) is 2.45. The summed E-state index contributed by atoms with van der Waals surface area (Å²) in [7, 11) is 0. The van der Waals surface area contributed by atoms with E-state index in [9.17, 15) is 4.79 Å². The van der Waals surface area contributed by atoms with Crippen LogP contribution in [-0.2, 0) is 5.75 Å². The number of thioether (sulfide) groups is 1. The van der Waals surface area contributed by atoms with Gasteiger partial charge in [-0.2, -0.15) is 0 Å². The predicted molar refractivity (Wildman–Crippen MR) is 70.8 cm³/mol. The Morgan fingerprint density at radius 3 is 2.89 bits per heavy atom. The largest absolute Gasteiger partial charge is 0.478 e. The molecule has 0 saturated carbocycles. The van der Waals surface area contributed by atoms with Gasteiger partial charge in [0.15, 0.2) is 0 Å². The van der Waals surface area contributed by atoms with Crippen molar-refractivity contribution in [2.45, 2.75) is 17.6 Å². The van der Waals surface area contributed by atoms with E-state index in [0.29, 0.717) is 17.2 Å². The van der Waals surface area contributed by atoms with Gasteiger partial charge in [-0.3, -0.25) is 0 Å². The van der Waals surface area contributed by atoms with E-state index in [4.69, 9.17) is 15.3 Å². The van der Waals surface area contributed by atoms with E-state index in [1.54, 1.807) is 11.8 Å². The van der Waals surface area contributed by atoms with Crippen LogP contribution < -0.4 is 5.73 Å². The highest BCUT2D eigenvalue weighted by molar-refractivity contribution is 7.98. The van der Waals surface area contributed by atoms with Gasteiger partial charge in [0, 0.05) is 10.6 Å². The molecule has 4 nitrogen and oxygen atoms in total. The van der Waals surface area contributed by atoms with Gasteiger partial charge in [0.25, 0.3) is 0 Å². The molecule has 0 bridgehead atoms. The minimum absolute atomic E-state index is 0.176. The summed E-state index contributed by atoms with van der Waals surface area (Å²) in [6.45, 7) is 2.01. The van der Waals surface area contributed by atoms with Crippen LogP contribution in [0.5, 0.6) is 0 Å². The number of nitrogens with two attached hydrogens (primary N) is 1. The zero-order valence-electron chi connectivity index (χ0n) is 9.84. The maximum atomic E-state index is 10.7. The summed E-state index contributed by atoms with van der Waals surface area (Å²) in [6, 6.07) is 7.26. The highest BCUT2D eigenvalue weighted by Crippen LogP contribution is 2.28. The first-order valence-corrected chi connectivity index (χ1v) is 6.34. The standard InChI is InChI=1S/C13H13NO3S/c1-8-2-3-10(14)5-12(8)18-7-11-4-9(6-17-11)13(15)16/h2-6H,7,14H2,1H3,(H,15,16). The molecule has 0 aliphatic carbocycles. The quantitative estimate of drug-likeness (QED) is 0.654. The highest BCUT2D eigenvalue weighted by atomic mass is 32.2. The third-order valence-corrected chi connectivity index (χ3v) is 3.66. The predicted octanol–water partition coefficient (Wildman–Crippen LogP) is 3.16. The van der Waals surface area contributed by atoms with Crippen LogP contribution in [0, 0.1) is 6.92 Å². The van der Waals surface area contributed by atoms with E-state index in [-0.39, 0.29) is 5.56 Å². The number of anilines is 1. The fourth-order valence-electron chi connectivity index (χ4n) is 1.49. The van der Waals surface area contributed by atoms with Gasteiger partial charge < -0.3 is 15.3 Å². The first-order valence-electron chi connectivity index (χ1n) is 5.36. The van der Waals surface area contributed by atoms with Crippen molar-refractivity contribution in [3.8, 4) is 0 Å². The molecule has 0 atom stereocenters. The average molecular weight is 263 g/mol. The molecule has 0 radical (unpaired) electrons. The van der Waals surface area contributed by atoms with E-state index < -0.39 is 5.97 Å². The van der Waals surface area contributed by atoms with Crippen LogP contribution in [0.2, 0.25) is 0 Å². The summed E-state index contributed by atoms with van der Waals surface area (Å²) < 4.78 is 5.18. The molecular weight excluding hydrogens is 250 g/mol. The maximum absolute atomic E-state index is 10.7. The van der Waals surface area contributed by atoms with E-state index in [1.807, 2.05) is 25.1 Å². The minimum Gasteiger partial charge on any atom is -0.478 e. The van der Waals surface area contributed by atoms with Crippen molar-refractivity contribution in [2.24, 2.45) is 0 Å². The van der Waals surface area contributed by atoms with Gasteiger partial charge in [-0.05, 0) is 30.7 Å². The number of aromatic carboxylic acids is 1. The van der Waals surface area contributed by atoms with Crippen LogP contribution in [0.15, 0.2) is 39.8 Å². The minimum atomic E-state index is -0.977. The molecule has 0 fully saturated rings. The maximum Gasteiger partial charge on any atom is 0.338 e. The van der Waals surface area contributed by atoms with E-state index in [0.717, 1.165) is 10.5 Å². The highest BCUT2D eigenvalue weighted by Gasteiger charge is 2.09. The Morgan fingerprint density at radius 1 is 1.44 bits per heavy atom. The van der Waals surface area contributed by atoms with Gasteiger partial charge in [-0.1, -0.05) is 6.07 Å². The molecule has 0 aliphatic heterocycles. The number of furan rings is 1. The molecule has 0 unspecified atom stereocenters. The monoisotopic (exact) mass is 263 g/mol. The molecule has 0 aliphatic rings. The molecule has 2 aromatic rings. The van der Waals surface area contributed by atoms with Crippen molar-refractivity contribution in [1.82, 2.24) is 0 Å². The lowest BCUT2D eigenvalue weighted by Gasteiger charge is -2.05. The fraction of sp³-hybridized carbons (Fsp3) is 0.154. The van der Waals surface area contributed by atoms with Crippen molar-refractivity contribution >= 4 is 23.4 Å². The summed E-state index contributed by atoms with van der Waals surface area (Å²) in [5, 5.41) is 8.78. The molecule has 18 heavy (non-hydrogen) atoms. The summed E-state index contributed by atoms with van der Waals surface area (Å²) in [5.74, 6) is 0.242. The molecule has 5 heteroatoms. The van der Waals surface area contributed by atoms with Gasteiger partial charge in [-0.25, -0.2) is 4.79 Å². The number of hydrogen-bond donors (Lipinski definition) is 2. The zero-order valence-corrected chi connectivity index (χ0v) is 10.7. The smallest absolute Gasteiger partial charge is 0.338 e. The summed E-state index contributed by atoms with van der Waals surface area (Å²) in [5.41, 5.74) is 7.76. The lowest BCUT2D eigenvalue weighted by molar-refractivity contribution is 0.0696. The Kier molecular flexibility index (Phi) is 3.62. The summed E-state index contributed by atoms with van der Waals surface area (Å²) in [6.07, 6.45) is 1.25. The number of hydrogen-bond acceptors (Lipinski definition) is 4. The number of carbonyl (C=O) groups is 1. The molecule has 0 spiro atoms. The molecule has 1 aromatic heterocycles. The van der Waals surface area contributed by atoms with Crippen molar-refractivity contribution in [1.29, 1.82) is 0 Å². The molecule has 0 amide bonds. The van der Waals surface area contributed by atoms with E-state index in [2.05, 4.69) is 0 Å². The van der Waals surface area contributed by atoms with E-state index >= 15 is 0 Å². The van der Waals surface area contributed by atoms with Gasteiger partial charge >= 0.3 is 5.97 Å². The zero-order chi connectivity index (χ0) is 13.1. The Morgan fingerprint density at radius 2 is 2.22 bits per heavy atom. The third kappa shape index (κ3) is 2.87. The first kappa shape index (κ1) is 12.6. The molecule has 0 saturated heterocycles. The van der Waals surface area contributed by atoms with Crippen molar-refractivity contribution < 1.29 is 14.3 Å². The topological polar surface area (TPSA) is 76.5 Å². The number of carboxylic acids is 1. The normalized spacial score (nSPS) is 10.5. The molecule has 1 aromatic carbocycles. The lowest BCUT2D eigenvalue weighted by Crippen LogP contribution is -1.91. The number of aryl methyl sites for hydroxylation is 1. The SMILES string of the molecule is Cc1ccc(N)cc1SCc1cc(C(=O)O)co1. The van der Waals surface area contributed by atoms with Gasteiger partial charge in [0.05, 0.1) is 11.3 Å². The number of carboxylic acid groups (broad SMARTS) is 1. The van der Waals surface area contributed by atoms with E-state index in [1.165, 1.54) is 12.3 Å². The van der Waals surface area contributed by atoms with Crippen molar-refractivity contribution in [2.75, 3.05) is 5.73 Å². The second-order valence-corrected chi connectivity index (χ2v) is 4.94. The average Bonchev–Trinajstić information content (AvgIpc) is 2.79. The van der Waals surface area contributed by atoms with Crippen molar-refractivity contribution in [3.05, 3.63) is 47.4 Å². The van der Waals surface area contributed by atoms with Crippen LogP contribution in [0.4, 0.5) is 5.69 Å². The number of nitrogen functional groups attached to an aromatic ring is 1. The van der Waals surface area contributed by atoms with Crippen LogP contribution in [-0.4, -0.2) is 11.1 Å². The lowest BCUT2D eigenvalue weighted by atomic mass is 10.2. The third-order valence-electron chi connectivity index (χ3n) is 2.48. The number of rotatable bonds is 4. The van der Waals surface area contributed by atoms with Crippen LogP contribution in [0.25, 0.3) is 0 Å². The van der Waals surface area contributed by atoms with Gasteiger partial charge in [0.1, 0.15) is 12.0 Å². The van der Waals surface area contributed by atoms with Gasteiger partial charge in [-0.15, -0.1) is 11.8 Å². The van der Waals surface area contributed by atoms with Crippen LogP contribution >= 0.6 is 11.8 Å². The molecule has 3 N–H and O–H groups in total. The molecule has 1 heterocycles. The summed E-state index contributed by atoms with van der Waals surface area (Å²) >= 11 is 1.57. The Labute approximate surface area is 109 Å². The van der Waals surface area contributed by atoms with Crippen LogP contribution in [0.1, 0.15) is 21.7 Å². The second-order valence-electron chi connectivity index (χ2n) is 3.92. The summed E-state index contributed by atoms with van der Waals surface area (Å²) in [4.78, 5) is 11.8. The van der Waals surface area contributed by atoms with Gasteiger partial charge in [0.2, 0.25) is 0 Å². The number of benzene rings is 1. The Hall–Kier alpha value is -1.88. The molecular formula is C13H13NO3S. The first-order chi connectivity index (χ1) is 8.56. The Balaban J connectivity index is 2.06. The van der Waals surface area contributed by atoms with Crippen molar-refractivity contribution in [3.63, 3.8) is 0 Å².